The highest BCUT2D eigenvalue weighted by Crippen LogP contribution is 2.03. The normalized spacial score (nSPS) is 12.2. The van der Waals surface area contributed by atoms with Crippen molar-refractivity contribution in [3.05, 3.63) is 30.1 Å². The van der Waals surface area contributed by atoms with Crippen molar-refractivity contribution in [3.63, 3.8) is 0 Å². The quantitative estimate of drug-likeness (QED) is 0.805. The molecule has 0 aliphatic rings. The minimum Gasteiger partial charge on any atom is -0.344 e. The molecule has 1 aromatic rings. The van der Waals surface area contributed by atoms with Crippen LogP contribution in [0.5, 0.6) is 0 Å². The summed E-state index contributed by atoms with van der Waals surface area (Å²) in [6.45, 7) is 0.656. The van der Waals surface area contributed by atoms with E-state index < -0.39 is 0 Å². The lowest BCUT2D eigenvalue weighted by Gasteiger charge is -2.21. The van der Waals surface area contributed by atoms with Crippen molar-refractivity contribution in [2.24, 2.45) is 5.73 Å². The van der Waals surface area contributed by atoms with Crippen LogP contribution in [-0.4, -0.2) is 47.4 Å². The van der Waals surface area contributed by atoms with E-state index in [-0.39, 0.29) is 11.9 Å². The molecule has 0 fully saturated rings. The van der Waals surface area contributed by atoms with E-state index in [9.17, 15) is 4.79 Å². The molecule has 0 unspecified atom stereocenters. The summed E-state index contributed by atoms with van der Waals surface area (Å²) >= 11 is 1.71. The monoisotopic (exact) mass is 267 g/mol. The first-order valence-electron chi connectivity index (χ1n) is 6.04. The number of amides is 1. The van der Waals surface area contributed by atoms with Gasteiger partial charge in [0.05, 0.1) is 6.04 Å². The summed E-state index contributed by atoms with van der Waals surface area (Å²) in [5, 5.41) is 0. The number of pyridine rings is 1. The van der Waals surface area contributed by atoms with Crippen LogP contribution in [0.1, 0.15) is 12.1 Å². The SMILES string of the molecule is CSCC[C@H](N)C(=O)N(C)CCc1ccccn1. The lowest BCUT2D eigenvalue weighted by atomic mass is 10.2. The van der Waals surface area contributed by atoms with Gasteiger partial charge in [0, 0.05) is 31.9 Å². The minimum absolute atomic E-state index is 0.0139. The fourth-order valence-corrected chi connectivity index (χ4v) is 2.08. The van der Waals surface area contributed by atoms with E-state index >= 15 is 0 Å². The predicted molar refractivity (Wildman–Crippen MR) is 76.6 cm³/mol. The van der Waals surface area contributed by atoms with Gasteiger partial charge < -0.3 is 10.6 Å². The molecule has 2 N–H and O–H groups in total. The zero-order chi connectivity index (χ0) is 13.4. The third-order valence-electron chi connectivity index (χ3n) is 2.76. The largest absolute Gasteiger partial charge is 0.344 e. The zero-order valence-corrected chi connectivity index (χ0v) is 11.8. The second-order valence-corrected chi connectivity index (χ2v) is 5.20. The number of nitrogens with zero attached hydrogens (tertiary/aromatic N) is 2. The number of rotatable bonds is 7. The third kappa shape index (κ3) is 5.06. The van der Waals surface area contributed by atoms with Crippen LogP contribution >= 0.6 is 11.8 Å². The molecule has 0 aliphatic carbocycles. The number of hydrogen-bond acceptors (Lipinski definition) is 4. The summed E-state index contributed by atoms with van der Waals surface area (Å²) in [4.78, 5) is 17.9. The second-order valence-electron chi connectivity index (χ2n) is 4.22. The Kier molecular flexibility index (Phi) is 6.75. The van der Waals surface area contributed by atoms with E-state index in [1.54, 1.807) is 29.9 Å². The first kappa shape index (κ1) is 15.0. The zero-order valence-electron chi connectivity index (χ0n) is 11.0. The second kappa shape index (κ2) is 8.11. The number of nitrogens with two attached hydrogens (primary N) is 1. The minimum atomic E-state index is -0.383. The number of hydrogen-bond donors (Lipinski definition) is 1. The summed E-state index contributed by atoms with van der Waals surface area (Å²) < 4.78 is 0. The van der Waals surface area contributed by atoms with Gasteiger partial charge in [0.25, 0.3) is 0 Å². The molecular weight excluding hydrogens is 246 g/mol. The molecule has 1 atom stereocenters. The van der Waals surface area contributed by atoms with Crippen molar-refractivity contribution < 1.29 is 4.79 Å². The van der Waals surface area contributed by atoms with Gasteiger partial charge in [0.15, 0.2) is 0 Å². The van der Waals surface area contributed by atoms with E-state index in [1.165, 1.54) is 0 Å². The lowest BCUT2D eigenvalue weighted by Crippen LogP contribution is -2.42. The Balaban J connectivity index is 2.35. The molecule has 1 amide bonds. The van der Waals surface area contributed by atoms with Gasteiger partial charge in [-0.1, -0.05) is 6.07 Å². The van der Waals surface area contributed by atoms with Crippen molar-refractivity contribution in [1.82, 2.24) is 9.88 Å². The first-order valence-corrected chi connectivity index (χ1v) is 7.44. The van der Waals surface area contributed by atoms with Crippen LogP contribution in [0.4, 0.5) is 0 Å². The van der Waals surface area contributed by atoms with Gasteiger partial charge in [-0.05, 0) is 30.6 Å². The summed E-state index contributed by atoms with van der Waals surface area (Å²) in [5.74, 6) is 0.932. The standard InChI is InChI=1S/C13H21N3OS/c1-16(13(17)12(14)7-10-18-2)9-6-11-5-3-4-8-15-11/h3-5,8,12H,6-7,9-10,14H2,1-2H3/t12-/m0/s1. The molecule has 0 spiro atoms. The Hall–Kier alpha value is -1.07. The molecule has 4 nitrogen and oxygen atoms in total. The Morgan fingerprint density at radius 1 is 1.56 bits per heavy atom. The molecular formula is C13H21N3OS. The van der Waals surface area contributed by atoms with Crippen LogP contribution in [0.25, 0.3) is 0 Å². The van der Waals surface area contributed by atoms with Crippen LogP contribution in [0.3, 0.4) is 0 Å². The average molecular weight is 267 g/mol. The molecule has 18 heavy (non-hydrogen) atoms. The number of thioether (sulfide) groups is 1. The molecule has 0 aliphatic heterocycles. The average Bonchev–Trinajstić information content (AvgIpc) is 2.42. The maximum Gasteiger partial charge on any atom is 0.239 e. The molecule has 0 bridgehead atoms. The van der Waals surface area contributed by atoms with E-state index in [1.807, 2.05) is 24.5 Å². The van der Waals surface area contributed by atoms with Crippen molar-refractivity contribution in [3.8, 4) is 0 Å². The highest BCUT2D eigenvalue weighted by molar-refractivity contribution is 7.98. The third-order valence-corrected chi connectivity index (χ3v) is 3.40. The van der Waals surface area contributed by atoms with Crippen LogP contribution in [0.15, 0.2) is 24.4 Å². The summed E-state index contributed by atoms with van der Waals surface area (Å²) in [5.41, 5.74) is 6.85. The smallest absolute Gasteiger partial charge is 0.239 e. The van der Waals surface area contributed by atoms with Crippen LogP contribution < -0.4 is 5.73 Å². The molecule has 1 aromatic heterocycles. The van der Waals surface area contributed by atoms with Gasteiger partial charge in [-0.3, -0.25) is 9.78 Å². The van der Waals surface area contributed by atoms with E-state index in [0.717, 1.165) is 24.3 Å². The van der Waals surface area contributed by atoms with E-state index in [2.05, 4.69) is 4.98 Å². The molecule has 1 rings (SSSR count). The molecule has 0 saturated carbocycles. The van der Waals surface area contributed by atoms with Gasteiger partial charge in [0.1, 0.15) is 0 Å². The van der Waals surface area contributed by atoms with Crippen molar-refractivity contribution in [2.75, 3.05) is 25.6 Å². The highest BCUT2D eigenvalue weighted by atomic mass is 32.2. The van der Waals surface area contributed by atoms with Gasteiger partial charge in [0.2, 0.25) is 5.91 Å². The van der Waals surface area contributed by atoms with Gasteiger partial charge >= 0.3 is 0 Å². The fourth-order valence-electron chi connectivity index (χ4n) is 1.59. The number of carbonyl (C=O) groups is 1. The van der Waals surface area contributed by atoms with Gasteiger partial charge in [-0.25, -0.2) is 0 Å². The molecule has 1 heterocycles. The Morgan fingerprint density at radius 3 is 2.94 bits per heavy atom. The van der Waals surface area contributed by atoms with Crippen molar-refractivity contribution >= 4 is 17.7 Å². The van der Waals surface area contributed by atoms with Crippen molar-refractivity contribution in [1.29, 1.82) is 0 Å². The summed E-state index contributed by atoms with van der Waals surface area (Å²) in [7, 11) is 1.80. The van der Waals surface area contributed by atoms with Crippen LogP contribution in [0.2, 0.25) is 0 Å². The lowest BCUT2D eigenvalue weighted by molar-refractivity contribution is -0.131. The van der Waals surface area contributed by atoms with Crippen LogP contribution in [0, 0.1) is 0 Å². The Bertz CT molecular complexity index is 359. The fraction of sp³-hybridized carbons (Fsp3) is 0.538. The maximum absolute atomic E-state index is 11.9. The van der Waals surface area contributed by atoms with E-state index in [4.69, 9.17) is 5.73 Å². The Labute approximate surface area is 113 Å². The predicted octanol–water partition coefficient (Wildman–Crippen LogP) is 1.16. The highest BCUT2D eigenvalue weighted by Gasteiger charge is 2.17. The first-order chi connectivity index (χ1) is 8.65. The topological polar surface area (TPSA) is 59.2 Å². The number of carbonyl (C=O) groups excluding carboxylic acids is 1. The summed E-state index contributed by atoms with van der Waals surface area (Å²) in [6.07, 6.45) is 5.27. The molecule has 0 aromatic carbocycles. The number of likely N-dealkylation sites (N-methyl/N-ethyl adjacent to an activating group) is 1. The molecule has 5 heteroatoms. The molecule has 0 saturated heterocycles. The van der Waals surface area contributed by atoms with E-state index in [0.29, 0.717) is 6.54 Å². The van der Waals surface area contributed by atoms with Gasteiger partial charge in [-0.2, -0.15) is 11.8 Å². The Morgan fingerprint density at radius 2 is 2.33 bits per heavy atom. The van der Waals surface area contributed by atoms with Gasteiger partial charge in [-0.15, -0.1) is 0 Å². The van der Waals surface area contributed by atoms with Crippen LogP contribution in [-0.2, 0) is 11.2 Å². The molecule has 100 valence electrons. The molecule has 0 radical (unpaired) electrons. The number of aromatic nitrogens is 1. The maximum atomic E-state index is 11.9. The van der Waals surface area contributed by atoms with Crippen molar-refractivity contribution in [2.45, 2.75) is 18.9 Å². The summed E-state index contributed by atoms with van der Waals surface area (Å²) in [6, 6.07) is 5.42.